The van der Waals surface area contributed by atoms with Gasteiger partial charge in [0.15, 0.2) is 11.5 Å². The van der Waals surface area contributed by atoms with Crippen molar-refractivity contribution < 1.29 is 14.3 Å². The average Bonchev–Trinajstić information content (AvgIpc) is 2.53. The van der Waals surface area contributed by atoms with Gasteiger partial charge in [-0.25, -0.2) is 4.98 Å². The van der Waals surface area contributed by atoms with Crippen molar-refractivity contribution >= 4 is 11.7 Å². The molecule has 2 aromatic rings. The first kappa shape index (κ1) is 14.4. The Morgan fingerprint density at radius 3 is 2.95 bits per heavy atom. The number of aromatic nitrogens is 1. The van der Waals surface area contributed by atoms with Crippen LogP contribution in [0.3, 0.4) is 0 Å². The third-order valence-corrected chi connectivity index (χ3v) is 3.44. The van der Waals surface area contributed by atoms with Crippen molar-refractivity contribution in [2.45, 2.75) is 25.9 Å². The third-order valence-electron chi connectivity index (χ3n) is 3.44. The number of hydrogen-bond donors (Lipinski definition) is 1. The summed E-state index contributed by atoms with van der Waals surface area (Å²) in [5.41, 5.74) is 1.06. The molecular formula is C17H18N2O3. The largest absolute Gasteiger partial charge is 0.486 e. The lowest BCUT2D eigenvalue weighted by molar-refractivity contribution is -0.116. The van der Waals surface area contributed by atoms with E-state index in [0.717, 1.165) is 17.1 Å². The van der Waals surface area contributed by atoms with Crippen molar-refractivity contribution in [1.29, 1.82) is 0 Å². The minimum Gasteiger partial charge on any atom is -0.486 e. The van der Waals surface area contributed by atoms with Gasteiger partial charge in [0, 0.05) is 12.6 Å². The number of nitrogens with one attached hydrogen (secondary N) is 1. The van der Waals surface area contributed by atoms with E-state index in [1.165, 1.54) is 0 Å². The summed E-state index contributed by atoms with van der Waals surface area (Å²) in [5.74, 6) is 2.00. The van der Waals surface area contributed by atoms with E-state index < -0.39 is 0 Å². The first-order valence-electron chi connectivity index (χ1n) is 7.32. The lowest BCUT2D eigenvalue weighted by Crippen LogP contribution is -2.30. The zero-order chi connectivity index (χ0) is 15.4. The molecule has 0 spiro atoms. The number of nitrogens with zero attached hydrogens (tertiary/aromatic N) is 1. The number of carbonyl (C=O) groups excluding carboxylic acids is 1. The quantitative estimate of drug-likeness (QED) is 0.942. The molecule has 1 atom stereocenters. The van der Waals surface area contributed by atoms with E-state index in [1.54, 1.807) is 6.20 Å². The summed E-state index contributed by atoms with van der Waals surface area (Å²) < 4.78 is 11.5. The lowest BCUT2D eigenvalue weighted by Gasteiger charge is -2.26. The monoisotopic (exact) mass is 298 g/mol. The highest BCUT2D eigenvalue weighted by Gasteiger charge is 2.21. The van der Waals surface area contributed by atoms with Gasteiger partial charge in [-0.05, 0) is 43.2 Å². The predicted octanol–water partition coefficient (Wildman–Crippen LogP) is 2.95. The van der Waals surface area contributed by atoms with Crippen LogP contribution >= 0.6 is 0 Å². The summed E-state index contributed by atoms with van der Waals surface area (Å²) in [6.45, 7) is 2.43. The fourth-order valence-electron chi connectivity index (χ4n) is 2.31. The van der Waals surface area contributed by atoms with Gasteiger partial charge in [0.2, 0.25) is 5.91 Å². The fourth-order valence-corrected chi connectivity index (χ4v) is 2.31. The molecule has 0 unspecified atom stereocenters. The van der Waals surface area contributed by atoms with E-state index in [9.17, 15) is 4.79 Å². The molecule has 1 aliphatic rings. The number of carbonyl (C=O) groups is 1. The van der Waals surface area contributed by atoms with E-state index in [1.807, 2.05) is 43.3 Å². The van der Waals surface area contributed by atoms with Crippen LogP contribution in [-0.2, 0) is 4.79 Å². The molecule has 1 aromatic carbocycles. The number of amides is 1. The number of ether oxygens (including phenoxy) is 2. The molecule has 1 N–H and O–H groups in total. The normalized spacial score (nSPS) is 16.1. The molecule has 1 aromatic heterocycles. The summed E-state index contributed by atoms with van der Waals surface area (Å²) in [6.07, 6.45) is 2.55. The molecule has 0 saturated heterocycles. The van der Waals surface area contributed by atoms with Gasteiger partial charge in [-0.2, -0.15) is 0 Å². The van der Waals surface area contributed by atoms with Crippen LogP contribution in [0.1, 0.15) is 18.4 Å². The molecule has 5 nitrogen and oxygen atoms in total. The van der Waals surface area contributed by atoms with Crippen LogP contribution in [0.5, 0.6) is 11.5 Å². The molecule has 1 amide bonds. The second-order valence-electron chi connectivity index (χ2n) is 5.30. The van der Waals surface area contributed by atoms with Gasteiger partial charge in [0.25, 0.3) is 0 Å². The standard InChI is InChI=1S/C17H18N2O3/c1-12-8-9-18-16(10-12)19-17(20)7-6-13-11-21-14-4-2-3-5-15(14)22-13/h2-5,8-10,13H,6-7,11H2,1H3,(H,18,19,20)/t13-/m0/s1. The second-order valence-corrected chi connectivity index (χ2v) is 5.30. The van der Waals surface area contributed by atoms with Crippen LogP contribution in [0.25, 0.3) is 0 Å². The Hall–Kier alpha value is -2.56. The van der Waals surface area contributed by atoms with Gasteiger partial charge in [-0.3, -0.25) is 4.79 Å². The maximum Gasteiger partial charge on any atom is 0.225 e. The highest BCUT2D eigenvalue weighted by Crippen LogP contribution is 2.31. The van der Waals surface area contributed by atoms with Crippen molar-refractivity contribution in [3.05, 3.63) is 48.2 Å². The Labute approximate surface area is 129 Å². The van der Waals surface area contributed by atoms with E-state index in [-0.39, 0.29) is 12.0 Å². The van der Waals surface area contributed by atoms with Crippen LogP contribution < -0.4 is 14.8 Å². The van der Waals surface area contributed by atoms with Crippen LogP contribution in [-0.4, -0.2) is 23.6 Å². The third kappa shape index (κ3) is 3.55. The summed E-state index contributed by atoms with van der Waals surface area (Å²) in [5, 5.41) is 2.80. The Bertz CT molecular complexity index is 672. The molecule has 0 fully saturated rings. The topological polar surface area (TPSA) is 60.5 Å². The number of rotatable bonds is 4. The first-order valence-corrected chi connectivity index (χ1v) is 7.32. The van der Waals surface area contributed by atoms with Gasteiger partial charge in [0.1, 0.15) is 18.5 Å². The minimum atomic E-state index is -0.105. The molecule has 5 heteroatoms. The zero-order valence-corrected chi connectivity index (χ0v) is 12.4. The first-order chi connectivity index (χ1) is 10.7. The van der Waals surface area contributed by atoms with Gasteiger partial charge in [-0.15, -0.1) is 0 Å². The van der Waals surface area contributed by atoms with Gasteiger partial charge >= 0.3 is 0 Å². The molecule has 3 rings (SSSR count). The van der Waals surface area contributed by atoms with Crippen molar-refractivity contribution in [2.75, 3.05) is 11.9 Å². The highest BCUT2D eigenvalue weighted by atomic mass is 16.6. The zero-order valence-electron chi connectivity index (χ0n) is 12.4. The van der Waals surface area contributed by atoms with Crippen molar-refractivity contribution in [2.24, 2.45) is 0 Å². The van der Waals surface area contributed by atoms with E-state index in [2.05, 4.69) is 10.3 Å². The molecule has 22 heavy (non-hydrogen) atoms. The maximum absolute atomic E-state index is 12.0. The summed E-state index contributed by atoms with van der Waals surface area (Å²) in [7, 11) is 0. The fraction of sp³-hybridized carbons (Fsp3) is 0.294. The number of anilines is 1. The summed E-state index contributed by atoms with van der Waals surface area (Å²) >= 11 is 0. The number of pyridine rings is 1. The van der Waals surface area contributed by atoms with Crippen molar-refractivity contribution in [1.82, 2.24) is 4.98 Å². The van der Waals surface area contributed by atoms with Crippen LogP contribution in [0.2, 0.25) is 0 Å². The van der Waals surface area contributed by atoms with Crippen LogP contribution in [0, 0.1) is 6.92 Å². The molecule has 0 bridgehead atoms. The van der Waals surface area contributed by atoms with E-state index in [4.69, 9.17) is 9.47 Å². The second kappa shape index (κ2) is 6.47. The molecule has 2 heterocycles. The predicted molar refractivity (Wildman–Crippen MR) is 83.2 cm³/mol. The number of benzene rings is 1. The Kier molecular flexibility index (Phi) is 4.23. The van der Waals surface area contributed by atoms with Crippen LogP contribution in [0.15, 0.2) is 42.6 Å². The molecule has 0 saturated carbocycles. The Balaban J connectivity index is 1.50. The molecule has 114 valence electrons. The molecular weight excluding hydrogens is 280 g/mol. The molecule has 1 aliphatic heterocycles. The number of aryl methyl sites for hydroxylation is 1. The van der Waals surface area contributed by atoms with Gasteiger partial charge in [-0.1, -0.05) is 12.1 Å². The Morgan fingerprint density at radius 2 is 2.14 bits per heavy atom. The molecule has 0 radical (unpaired) electrons. The van der Waals surface area contributed by atoms with Crippen molar-refractivity contribution in [3.8, 4) is 11.5 Å². The lowest BCUT2D eigenvalue weighted by atomic mass is 10.1. The van der Waals surface area contributed by atoms with Gasteiger partial charge < -0.3 is 14.8 Å². The number of hydrogen-bond acceptors (Lipinski definition) is 4. The number of fused-ring (bicyclic) bond motifs is 1. The van der Waals surface area contributed by atoms with Gasteiger partial charge in [0.05, 0.1) is 0 Å². The number of para-hydroxylation sites is 2. The SMILES string of the molecule is Cc1ccnc(NC(=O)CC[C@H]2COc3ccccc3O2)c1. The molecule has 0 aliphatic carbocycles. The summed E-state index contributed by atoms with van der Waals surface area (Å²) in [6, 6.07) is 11.3. The van der Waals surface area contributed by atoms with Crippen LogP contribution in [0.4, 0.5) is 5.82 Å². The van der Waals surface area contributed by atoms with E-state index in [0.29, 0.717) is 25.3 Å². The minimum absolute atomic E-state index is 0.0689. The smallest absolute Gasteiger partial charge is 0.225 e. The summed E-state index contributed by atoms with van der Waals surface area (Å²) in [4.78, 5) is 16.1. The Morgan fingerprint density at radius 1 is 1.32 bits per heavy atom. The highest BCUT2D eigenvalue weighted by molar-refractivity contribution is 5.89. The van der Waals surface area contributed by atoms with E-state index >= 15 is 0 Å². The maximum atomic E-state index is 12.0. The average molecular weight is 298 g/mol. The van der Waals surface area contributed by atoms with Crippen molar-refractivity contribution in [3.63, 3.8) is 0 Å².